The van der Waals surface area contributed by atoms with Crippen molar-refractivity contribution in [2.45, 2.75) is 0 Å². The van der Waals surface area contributed by atoms with E-state index in [1.54, 1.807) is 12.3 Å². The minimum Gasteiger partial charge on any atom is -0.282 e. The fourth-order valence-electron chi connectivity index (χ4n) is 3.57. The molecule has 0 aliphatic heterocycles. The summed E-state index contributed by atoms with van der Waals surface area (Å²) in [7, 11) is 0. The minimum atomic E-state index is -0.412. The second-order valence-electron chi connectivity index (χ2n) is 7.14. The summed E-state index contributed by atoms with van der Waals surface area (Å²) in [6, 6.07) is 21.4. The van der Waals surface area contributed by atoms with Crippen LogP contribution in [0.5, 0.6) is 0 Å². The fraction of sp³-hybridized carbons (Fsp3) is 0. The number of hydrogen-bond acceptors (Lipinski definition) is 4. The van der Waals surface area contributed by atoms with Crippen LogP contribution in [0.4, 0.5) is 5.69 Å². The lowest BCUT2D eigenvalue weighted by Gasteiger charge is -2.08. The number of nitro groups is 1. The second-order valence-corrected chi connectivity index (χ2v) is 8.02. The molecule has 0 N–H and O–H groups in total. The van der Waals surface area contributed by atoms with Crippen LogP contribution in [0.3, 0.4) is 0 Å². The van der Waals surface area contributed by atoms with Crippen molar-refractivity contribution in [1.29, 1.82) is 0 Å². The zero-order valence-corrected chi connectivity index (χ0v) is 18.0. The molecule has 0 saturated heterocycles. The Morgan fingerprint density at radius 3 is 2.12 bits per heavy atom. The SMILES string of the molecule is O=[N+]([O-])c1cccc(-c2cnc3nc(-c4ccc(Cl)cc4)c(-c4ccc(Cl)cc4)n3c2)c1. The van der Waals surface area contributed by atoms with E-state index >= 15 is 0 Å². The van der Waals surface area contributed by atoms with E-state index in [1.165, 1.54) is 12.1 Å². The number of fused-ring (bicyclic) bond motifs is 1. The van der Waals surface area contributed by atoms with Gasteiger partial charge >= 0.3 is 0 Å². The molecule has 3 aromatic carbocycles. The molecule has 0 aliphatic rings. The van der Waals surface area contributed by atoms with Gasteiger partial charge in [-0.1, -0.05) is 59.6 Å². The molecular formula is C24H14Cl2N4O2. The van der Waals surface area contributed by atoms with Gasteiger partial charge in [-0.15, -0.1) is 0 Å². The number of imidazole rings is 1. The largest absolute Gasteiger partial charge is 0.282 e. The lowest BCUT2D eigenvalue weighted by molar-refractivity contribution is -0.384. The quantitative estimate of drug-likeness (QED) is 0.215. The van der Waals surface area contributed by atoms with E-state index in [2.05, 4.69) is 4.98 Å². The number of halogens is 2. The number of nitro benzene ring substituents is 1. The molecule has 8 heteroatoms. The molecule has 0 spiro atoms. The van der Waals surface area contributed by atoms with E-state index in [4.69, 9.17) is 28.2 Å². The highest BCUT2D eigenvalue weighted by molar-refractivity contribution is 6.31. The Kier molecular flexibility index (Phi) is 5.09. The predicted molar refractivity (Wildman–Crippen MR) is 126 cm³/mol. The summed E-state index contributed by atoms with van der Waals surface area (Å²) in [5.74, 6) is 0.508. The Morgan fingerprint density at radius 2 is 1.47 bits per heavy atom. The number of nitrogens with zero attached hydrogens (tertiary/aromatic N) is 4. The van der Waals surface area contributed by atoms with Crippen LogP contribution >= 0.6 is 23.2 Å². The smallest absolute Gasteiger partial charge is 0.270 e. The molecule has 0 saturated carbocycles. The van der Waals surface area contributed by atoms with Crippen molar-refractivity contribution in [3.63, 3.8) is 0 Å². The van der Waals surface area contributed by atoms with Crippen LogP contribution in [0.1, 0.15) is 0 Å². The maximum Gasteiger partial charge on any atom is 0.270 e. The average molecular weight is 461 g/mol. The molecule has 0 aliphatic carbocycles. The highest BCUT2D eigenvalue weighted by Gasteiger charge is 2.18. The summed E-state index contributed by atoms with van der Waals surface area (Å²) in [6.07, 6.45) is 3.55. The van der Waals surface area contributed by atoms with Gasteiger partial charge in [-0.3, -0.25) is 14.5 Å². The fourth-order valence-corrected chi connectivity index (χ4v) is 3.83. The van der Waals surface area contributed by atoms with E-state index in [0.717, 1.165) is 28.1 Å². The van der Waals surface area contributed by atoms with Crippen LogP contribution < -0.4 is 0 Å². The van der Waals surface area contributed by atoms with Gasteiger partial charge in [0, 0.05) is 51.3 Å². The molecule has 0 amide bonds. The van der Waals surface area contributed by atoms with Gasteiger partial charge in [-0.2, -0.15) is 0 Å². The molecule has 2 aromatic heterocycles. The molecule has 156 valence electrons. The number of hydrogen-bond donors (Lipinski definition) is 0. The van der Waals surface area contributed by atoms with Crippen LogP contribution in [0.25, 0.3) is 39.4 Å². The predicted octanol–water partition coefficient (Wildman–Crippen LogP) is 6.95. The molecule has 0 bridgehead atoms. The number of non-ortho nitro benzene ring substituents is 1. The van der Waals surface area contributed by atoms with E-state index in [1.807, 2.05) is 65.2 Å². The van der Waals surface area contributed by atoms with Gasteiger partial charge in [0.15, 0.2) is 0 Å². The van der Waals surface area contributed by atoms with Gasteiger partial charge in [0.25, 0.3) is 5.69 Å². The number of aromatic nitrogens is 3. The highest BCUT2D eigenvalue weighted by Crippen LogP contribution is 2.34. The topological polar surface area (TPSA) is 73.3 Å². The Labute approximate surface area is 192 Å². The molecule has 0 radical (unpaired) electrons. The molecule has 5 rings (SSSR count). The third-order valence-electron chi connectivity index (χ3n) is 5.11. The first-order valence-electron chi connectivity index (χ1n) is 9.64. The zero-order chi connectivity index (χ0) is 22.2. The molecule has 0 unspecified atom stereocenters. The van der Waals surface area contributed by atoms with Gasteiger partial charge in [-0.25, -0.2) is 9.97 Å². The van der Waals surface area contributed by atoms with Crippen molar-refractivity contribution in [3.8, 4) is 33.6 Å². The summed E-state index contributed by atoms with van der Waals surface area (Å²) in [5.41, 5.74) is 4.82. The number of rotatable bonds is 4. The van der Waals surface area contributed by atoms with Crippen molar-refractivity contribution < 1.29 is 4.92 Å². The molecule has 2 heterocycles. The first-order valence-corrected chi connectivity index (χ1v) is 10.4. The van der Waals surface area contributed by atoms with Crippen molar-refractivity contribution in [1.82, 2.24) is 14.4 Å². The Morgan fingerprint density at radius 1 is 0.812 bits per heavy atom. The second kappa shape index (κ2) is 8.07. The Bertz CT molecular complexity index is 1460. The maximum absolute atomic E-state index is 11.2. The summed E-state index contributed by atoms with van der Waals surface area (Å²) < 4.78 is 1.89. The van der Waals surface area contributed by atoms with Crippen molar-refractivity contribution in [3.05, 3.63) is 105 Å². The van der Waals surface area contributed by atoms with E-state index in [-0.39, 0.29) is 5.69 Å². The van der Waals surface area contributed by atoms with E-state index in [0.29, 0.717) is 21.4 Å². The van der Waals surface area contributed by atoms with Gasteiger partial charge in [-0.05, 0) is 29.8 Å². The van der Waals surface area contributed by atoms with Crippen molar-refractivity contribution in [2.24, 2.45) is 0 Å². The van der Waals surface area contributed by atoms with E-state index < -0.39 is 4.92 Å². The zero-order valence-electron chi connectivity index (χ0n) is 16.4. The molecule has 0 fully saturated rings. The van der Waals surface area contributed by atoms with Crippen LogP contribution in [0, 0.1) is 10.1 Å². The van der Waals surface area contributed by atoms with Crippen LogP contribution in [0.2, 0.25) is 10.0 Å². The number of benzene rings is 3. The Balaban J connectivity index is 1.75. The summed E-state index contributed by atoms with van der Waals surface area (Å²) >= 11 is 12.2. The van der Waals surface area contributed by atoms with Crippen LogP contribution in [-0.2, 0) is 0 Å². The normalized spacial score (nSPS) is 11.1. The standard InChI is InChI=1S/C24H14Cl2N4O2/c25-19-8-4-15(5-9-19)22-23(16-6-10-20(26)11-7-16)29-14-18(13-27-24(29)28-22)17-2-1-3-21(12-17)30(31)32/h1-14H. The maximum atomic E-state index is 11.2. The summed E-state index contributed by atoms with van der Waals surface area (Å²) in [6.45, 7) is 0. The molecular weight excluding hydrogens is 447 g/mol. The summed E-state index contributed by atoms with van der Waals surface area (Å²) in [4.78, 5) is 20.1. The first kappa shape index (κ1) is 20.2. The third kappa shape index (κ3) is 3.70. The lowest BCUT2D eigenvalue weighted by Crippen LogP contribution is -1.94. The Hall–Kier alpha value is -3.74. The van der Waals surface area contributed by atoms with E-state index in [9.17, 15) is 10.1 Å². The van der Waals surface area contributed by atoms with Crippen LogP contribution in [-0.4, -0.2) is 19.3 Å². The van der Waals surface area contributed by atoms with Crippen LogP contribution in [0.15, 0.2) is 85.2 Å². The lowest BCUT2D eigenvalue weighted by atomic mass is 10.0. The third-order valence-corrected chi connectivity index (χ3v) is 5.61. The molecule has 6 nitrogen and oxygen atoms in total. The highest BCUT2D eigenvalue weighted by atomic mass is 35.5. The van der Waals surface area contributed by atoms with Gasteiger partial charge in [0.05, 0.1) is 16.3 Å². The van der Waals surface area contributed by atoms with Gasteiger partial charge < -0.3 is 0 Å². The van der Waals surface area contributed by atoms with Crippen molar-refractivity contribution in [2.75, 3.05) is 0 Å². The van der Waals surface area contributed by atoms with Gasteiger partial charge in [0.2, 0.25) is 5.78 Å². The van der Waals surface area contributed by atoms with Crippen molar-refractivity contribution >= 4 is 34.7 Å². The molecule has 0 atom stereocenters. The monoisotopic (exact) mass is 460 g/mol. The minimum absolute atomic E-state index is 0.0213. The summed E-state index contributed by atoms with van der Waals surface area (Å²) in [5, 5.41) is 12.5. The average Bonchev–Trinajstić information content (AvgIpc) is 3.19. The molecule has 5 aromatic rings. The van der Waals surface area contributed by atoms with Gasteiger partial charge in [0.1, 0.15) is 0 Å². The molecule has 32 heavy (non-hydrogen) atoms. The first-order chi connectivity index (χ1) is 15.5.